The predicted molar refractivity (Wildman–Crippen MR) is 53.9 cm³/mol. The number of halogens is 1. The normalized spacial score (nSPS) is 10.1. The summed E-state index contributed by atoms with van der Waals surface area (Å²) in [6.45, 7) is 0. The van der Waals surface area contributed by atoms with Crippen molar-refractivity contribution in [1.29, 1.82) is 0 Å². The average molecular weight is 240 g/mol. The van der Waals surface area contributed by atoms with Crippen molar-refractivity contribution >= 4 is 17.6 Å². The first-order valence-electron chi connectivity index (χ1n) is 4.25. The molecule has 2 aromatic heterocycles. The Morgan fingerprint density at radius 3 is 3.06 bits per heavy atom. The minimum atomic E-state index is -0.703. The van der Waals surface area contributed by atoms with Crippen molar-refractivity contribution in [3.63, 3.8) is 0 Å². The zero-order valence-electron chi connectivity index (χ0n) is 8.18. The van der Waals surface area contributed by atoms with E-state index in [1.165, 1.54) is 13.3 Å². The van der Waals surface area contributed by atoms with Gasteiger partial charge >= 0.3 is 11.9 Å². The Bertz CT molecular complexity index is 526. The van der Waals surface area contributed by atoms with Crippen molar-refractivity contribution in [3.8, 4) is 11.5 Å². The van der Waals surface area contributed by atoms with E-state index in [0.717, 1.165) is 0 Å². The summed E-state index contributed by atoms with van der Waals surface area (Å²) in [7, 11) is 1.22. The van der Waals surface area contributed by atoms with E-state index in [2.05, 4.69) is 19.9 Å². The molecule has 2 heterocycles. The third kappa shape index (κ3) is 1.87. The quantitative estimate of drug-likeness (QED) is 0.741. The highest BCUT2D eigenvalue weighted by Gasteiger charge is 2.18. The fourth-order valence-corrected chi connectivity index (χ4v) is 1.25. The number of rotatable bonds is 2. The second-order valence-electron chi connectivity index (χ2n) is 2.75. The first-order chi connectivity index (χ1) is 7.72. The zero-order chi connectivity index (χ0) is 11.5. The zero-order valence-corrected chi connectivity index (χ0v) is 8.93. The molecule has 0 aliphatic rings. The number of pyridine rings is 1. The average Bonchev–Trinajstić information content (AvgIpc) is 2.78. The molecule has 6 nitrogen and oxygen atoms in total. The maximum atomic E-state index is 11.1. The smallest absolute Gasteiger partial charge is 0.397 e. The van der Waals surface area contributed by atoms with Crippen LogP contribution in [0.4, 0.5) is 0 Å². The van der Waals surface area contributed by atoms with Gasteiger partial charge in [-0.25, -0.2) is 4.79 Å². The molecule has 0 aliphatic carbocycles. The van der Waals surface area contributed by atoms with Crippen LogP contribution >= 0.6 is 11.6 Å². The topological polar surface area (TPSA) is 78.1 Å². The van der Waals surface area contributed by atoms with Gasteiger partial charge in [0.05, 0.1) is 12.1 Å². The Kier molecular flexibility index (Phi) is 2.82. The number of hydrogen-bond acceptors (Lipinski definition) is 6. The molecule has 0 saturated heterocycles. The molecule has 0 bridgehead atoms. The Balaban J connectivity index is 2.39. The second kappa shape index (κ2) is 4.28. The van der Waals surface area contributed by atoms with E-state index in [-0.39, 0.29) is 11.7 Å². The summed E-state index contributed by atoms with van der Waals surface area (Å²) in [6.07, 6.45) is 1.54. The van der Waals surface area contributed by atoms with E-state index in [4.69, 9.17) is 16.1 Å². The van der Waals surface area contributed by atoms with Crippen LogP contribution in [0.2, 0.25) is 5.02 Å². The molecule has 16 heavy (non-hydrogen) atoms. The molecule has 0 spiro atoms. The van der Waals surface area contributed by atoms with Crippen LogP contribution in [-0.2, 0) is 4.74 Å². The summed E-state index contributed by atoms with van der Waals surface area (Å²) in [5.41, 5.74) is 0.350. The van der Waals surface area contributed by atoms with Crippen molar-refractivity contribution in [3.05, 3.63) is 29.2 Å². The van der Waals surface area contributed by atoms with Gasteiger partial charge in [-0.3, -0.25) is 4.98 Å². The molecular weight excluding hydrogens is 234 g/mol. The Hall–Kier alpha value is -1.95. The van der Waals surface area contributed by atoms with E-state index in [1.54, 1.807) is 12.1 Å². The molecule has 0 radical (unpaired) electrons. The van der Waals surface area contributed by atoms with Gasteiger partial charge in [0, 0.05) is 6.20 Å². The third-order valence-corrected chi connectivity index (χ3v) is 2.06. The molecule has 7 heteroatoms. The van der Waals surface area contributed by atoms with Crippen molar-refractivity contribution < 1.29 is 14.1 Å². The van der Waals surface area contributed by atoms with Crippen LogP contribution in [0.15, 0.2) is 22.9 Å². The molecule has 0 N–H and O–H groups in total. The third-order valence-electron chi connectivity index (χ3n) is 1.76. The van der Waals surface area contributed by atoms with Gasteiger partial charge in [-0.05, 0) is 12.1 Å². The molecule has 0 saturated carbocycles. The first-order valence-corrected chi connectivity index (χ1v) is 4.63. The largest absolute Gasteiger partial charge is 0.462 e. The highest BCUT2D eigenvalue weighted by molar-refractivity contribution is 6.32. The monoisotopic (exact) mass is 239 g/mol. The number of aromatic nitrogens is 3. The van der Waals surface area contributed by atoms with Gasteiger partial charge in [-0.2, -0.15) is 4.98 Å². The number of carbonyl (C=O) groups is 1. The van der Waals surface area contributed by atoms with E-state index in [9.17, 15) is 4.79 Å². The lowest BCUT2D eigenvalue weighted by Gasteiger charge is -1.94. The van der Waals surface area contributed by atoms with Crippen molar-refractivity contribution in [2.45, 2.75) is 0 Å². The van der Waals surface area contributed by atoms with Crippen molar-refractivity contribution in [1.82, 2.24) is 15.1 Å². The molecule has 82 valence electrons. The number of esters is 1. The van der Waals surface area contributed by atoms with Crippen molar-refractivity contribution in [2.75, 3.05) is 7.11 Å². The van der Waals surface area contributed by atoms with Crippen LogP contribution in [0.25, 0.3) is 11.5 Å². The van der Waals surface area contributed by atoms with Crippen LogP contribution < -0.4 is 0 Å². The lowest BCUT2D eigenvalue weighted by Crippen LogP contribution is -2.01. The molecule has 0 fully saturated rings. The van der Waals surface area contributed by atoms with E-state index in [0.29, 0.717) is 10.7 Å². The molecule has 2 rings (SSSR count). The molecule has 0 aliphatic heterocycles. The predicted octanol–water partition coefficient (Wildman–Crippen LogP) is 1.57. The standard InChI is InChI=1S/C9H6ClN3O3/c1-15-9(14)8-12-7(13-16-8)6-5(10)3-2-4-11-6/h2-4H,1H3. The molecule has 0 atom stereocenters. The summed E-state index contributed by atoms with van der Waals surface area (Å²) in [6, 6.07) is 3.31. The Morgan fingerprint density at radius 2 is 2.38 bits per heavy atom. The van der Waals surface area contributed by atoms with Crippen LogP contribution in [0.5, 0.6) is 0 Å². The molecule has 0 amide bonds. The van der Waals surface area contributed by atoms with Gasteiger partial charge in [0.2, 0.25) is 5.82 Å². The van der Waals surface area contributed by atoms with Gasteiger partial charge in [-0.1, -0.05) is 16.8 Å². The highest BCUT2D eigenvalue weighted by atomic mass is 35.5. The Morgan fingerprint density at radius 1 is 1.56 bits per heavy atom. The van der Waals surface area contributed by atoms with E-state index >= 15 is 0 Å². The number of ether oxygens (including phenoxy) is 1. The molecule has 0 unspecified atom stereocenters. The maximum absolute atomic E-state index is 11.1. The summed E-state index contributed by atoms with van der Waals surface area (Å²) < 4.78 is 9.12. The van der Waals surface area contributed by atoms with Gasteiger partial charge in [-0.15, -0.1) is 0 Å². The summed E-state index contributed by atoms with van der Waals surface area (Å²) >= 11 is 5.88. The minimum absolute atomic E-state index is 0.144. The summed E-state index contributed by atoms with van der Waals surface area (Å²) in [4.78, 5) is 18.9. The minimum Gasteiger partial charge on any atom is -0.462 e. The number of hydrogen-bond donors (Lipinski definition) is 0. The first kappa shape index (κ1) is 10.6. The van der Waals surface area contributed by atoms with E-state index in [1.807, 2.05) is 0 Å². The fraction of sp³-hybridized carbons (Fsp3) is 0.111. The fourth-order valence-electron chi connectivity index (χ4n) is 1.04. The van der Waals surface area contributed by atoms with Crippen LogP contribution in [-0.4, -0.2) is 28.2 Å². The molecule has 0 aromatic carbocycles. The Labute approximate surface area is 95.2 Å². The number of methoxy groups -OCH3 is 1. The van der Waals surface area contributed by atoms with Crippen LogP contribution in [0.3, 0.4) is 0 Å². The van der Waals surface area contributed by atoms with Crippen molar-refractivity contribution in [2.24, 2.45) is 0 Å². The SMILES string of the molecule is COC(=O)c1nc(-c2ncccc2Cl)no1. The summed E-state index contributed by atoms with van der Waals surface area (Å²) in [5, 5.41) is 3.96. The maximum Gasteiger partial charge on any atom is 0.397 e. The lowest BCUT2D eigenvalue weighted by atomic mass is 10.3. The summed E-state index contributed by atoms with van der Waals surface area (Å²) in [5.74, 6) is -0.795. The van der Waals surface area contributed by atoms with Crippen LogP contribution in [0, 0.1) is 0 Å². The van der Waals surface area contributed by atoms with Gasteiger partial charge in [0.1, 0.15) is 5.69 Å². The number of carbonyl (C=O) groups excluding carboxylic acids is 1. The van der Waals surface area contributed by atoms with Gasteiger partial charge in [0.25, 0.3) is 0 Å². The van der Waals surface area contributed by atoms with Gasteiger partial charge in [0.15, 0.2) is 0 Å². The second-order valence-corrected chi connectivity index (χ2v) is 3.16. The lowest BCUT2D eigenvalue weighted by molar-refractivity contribution is 0.0545. The highest BCUT2D eigenvalue weighted by Crippen LogP contribution is 2.22. The molecular formula is C9H6ClN3O3. The molecule has 2 aromatic rings. The number of nitrogens with zero attached hydrogens (tertiary/aromatic N) is 3. The van der Waals surface area contributed by atoms with Gasteiger partial charge < -0.3 is 9.26 Å². The van der Waals surface area contributed by atoms with Crippen LogP contribution in [0.1, 0.15) is 10.7 Å². The van der Waals surface area contributed by atoms with E-state index < -0.39 is 5.97 Å².